The lowest BCUT2D eigenvalue weighted by atomic mass is 10.1. The van der Waals surface area contributed by atoms with E-state index in [1.54, 1.807) is 6.33 Å². The molecule has 0 fully saturated rings. The highest BCUT2D eigenvalue weighted by atomic mass is 79.9. The van der Waals surface area contributed by atoms with Crippen molar-refractivity contribution in [2.24, 2.45) is 5.92 Å². The van der Waals surface area contributed by atoms with Crippen molar-refractivity contribution < 1.29 is 0 Å². The summed E-state index contributed by atoms with van der Waals surface area (Å²) in [6, 6.07) is 0. The predicted octanol–water partition coefficient (Wildman–Crippen LogP) is 2.26. The molecule has 0 aliphatic rings. The van der Waals surface area contributed by atoms with Crippen molar-refractivity contribution in [1.82, 2.24) is 14.8 Å². The molecule has 4 heteroatoms. The molecule has 1 atom stereocenters. The maximum Gasteiger partial charge on any atom is 0.138 e. The molecule has 1 rings (SSSR count). The molecule has 0 radical (unpaired) electrons. The Hall–Kier alpha value is -0.380. The topological polar surface area (TPSA) is 30.7 Å². The van der Waals surface area contributed by atoms with Crippen molar-refractivity contribution in [2.75, 3.05) is 5.33 Å². The molecule has 0 bridgehead atoms. The lowest BCUT2D eigenvalue weighted by Gasteiger charge is -2.10. The number of aromatic nitrogens is 3. The van der Waals surface area contributed by atoms with E-state index in [1.807, 2.05) is 4.68 Å². The summed E-state index contributed by atoms with van der Waals surface area (Å²) in [6.45, 7) is 5.21. The minimum absolute atomic E-state index is 0.675. The second-order valence-corrected chi connectivity index (χ2v) is 3.77. The smallest absolute Gasteiger partial charge is 0.138 e. The van der Waals surface area contributed by atoms with Crippen LogP contribution in [0.5, 0.6) is 0 Å². The fourth-order valence-corrected chi connectivity index (χ4v) is 1.96. The zero-order valence-electron chi connectivity index (χ0n) is 8.20. The molecular formula is C9H16BrN3. The van der Waals surface area contributed by atoms with Gasteiger partial charge in [0.25, 0.3) is 0 Å². The van der Waals surface area contributed by atoms with Crippen molar-refractivity contribution in [2.45, 2.75) is 33.2 Å². The van der Waals surface area contributed by atoms with Gasteiger partial charge in [-0.1, -0.05) is 29.3 Å². The Morgan fingerprint density at radius 2 is 2.31 bits per heavy atom. The Kier molecular flexibility index (Phi) is 4.42. The first kappa shape index (κ1) is 10.7. The zero-order valence-corrected chi connectivity index (χ0v) is 9.79. The largest absolute Gasteiger partial charge is 0.250 e. The molecule has 0 spiro atoms. The lowest BCUT2D eigenvalue weighted by molar-refractivity contribution is 0.518. The van der Waals surface area contributed by atoms with Crippen molar-refractivity contribution in [1.29, 1.82) is 0 Å². The summed E-state index contributed by atoms with van der Waals surface area (Å²) < 4.78 is 1.96. The Balaban J connectivity index is 2.61. The Morgan fingerprint density at radius 3 is 2.85 bits per heavy atom. The van der Waals surface area contributed by atoms with Crippen LogP contribution in [0.15, 0.2) is 6.33 Å². The van der Waals surface area contributed by atoms with Gasteiger partial charge in [-0.3, -0.25) is 4.68 Å². The highest BCUT2D eigenvalue weighted by Crippen LogP contribution is 2.12. The molecule has 13 heavy (non-hydrogen) atoms. The van der Waals surface area contributed by atoms with Gasteiger partial charge in [-0.2, -0.15) is 5.10 Å². The van der Waals surface area contributed by atoms with Crippen LogP contribution < -0.4 is 0 Å². The minimum Gasteiger partial charge on any atom is -0.250 e. The molecule has 1 aromatic rings. The van der Waals surface area contributed by atoms with E-state index in [1.165, 1.54) is 6.42 Å². The van der Waals surface area contributed by atoms with Gasteiger partial charge in [0.2, 0.25) is 0 Å². The highest BCUT2D eigenvalue weighted by Gasteiger charge is 2.10. The fourth-order valence-electron chi connectivity index (χ4n) is 1.28. The number of hydrogen-bond acceptors (Lipinski definition) is 2. The van der Waals surface area contributed by atoms with Crippen LogP contribution >= 0.6 is 15.9 Å². The van der Waals surface area contributed by atoms with Gasteiger partial charge in [0.15, 0.2) is 0 Å². The van der Waals surface area contributed by atoms with E-state index in [2.05, 4.69) is 39.9 Å². The van der Waals surface area contributed by atoms with Crippen molar-refractivity contribution in [3.8, 4) is 0 Å². The Labute approximate surface area is 87.7 Å². The average molecular weight is 246 g/mol. The van der Waals surface area contributed by atoms with E-state index < -0.39 is 0 Å². The van der Waals surface area contributed by atoms with Crippen LogP contribution in [0, 0.1) is 5.92 Å². The molecule has 0 N–H and O–H groups in total. The number of hydrogen-bond donors (Lipinski definition) is 0. The maximum atomic E-state index is 4.25. The molecule has 0 amide bonds. The molecule has 0 aliphatic heterocycles. The zero-order chi connectivity index (χ0) is 9.68. The van der Waals surface area contributed by atoms with Gasteiger partial charge in [0, 0.05) is 18.3 Å². The van der Waals surface area contributed by atoms with E-state index in [0.29, 0.717) is 5.92 Å². The van der Waals surface area contributed by atoms with Gasteiger partial charge in [0.05, 0.1) is 0 Å². The van der Waals surface area contributed by atoms with Crippen molar-refractivity contribution in [3.05, 3.63) is 12.2 Å². The van der Waals surface area contributed by atoms with Crippen LogP contribution in [-0.2, 0) is 13.0 Å². The first-order valence-corrected chi connectivity index (χ1v) is 5.86. The Bertz CT molecular complexity index is 243. The molecule has 74 valence electrons. The van der Waals surface area contributed by atoms with E-state index in [0.717, 1.165) is 24.1 Å². The molecular weight excluding hydrogens is 230 g/mol. The summed E-state index contributed by atoms with van der Waals surface area (Å²) >= 11 is 3.51. The van der Waals surface area contributed by atoms with Gasteiger partial charge >= 0.3 is 0 Å². The molecule has 0 saturated carbocycles. The SMILES string of the molecule is CCC(CBr)Cc1ncnn1CC. The van der Waals surface area contributed by atoms with Crippen LogP contribution in [0.2, 0.25) is 0 Å². The van der Waals surface area contributed by atoms with Gasteiger partial charge in [0.1, 0.15) is 12.2 Å². The Morgan fingerprint density at radius 1 is 1.54 bits per heavy atom. The van der Waals surface area contributed by atoms with E-state index in [4.69, 9.17) is 0 Å². The number of alkyl halides is 1. The third kappa shape index (κ3) is 2.79. The molecule has 1 unspecified atom stereocenters. The molecule has 3 nitrogen and oxygen atoms in total. The third-order valence-corrected chi connectivity index (χ3v) is 3.18. The molecule has 1 aromatic heterocycles. The monoisotopic (exact) mass is 245 g/mol. The van der Waals surface area contributed by atoms with Crippen LogP contribution in [0.4, 0.5) is 0 Å². The summed E-state index contributed by atoms with van der Waals surface area (Å²) in [4.78, 5) is 4.25. The summed E-state index contributed by atoms with van der Waals surface area (Å²) in [6.07, 6.45) is 3.84. The maximum absolute atomic E-state index is 4.25. The van der Waals surface area contributed by atoms with Gasteiger partial charge in [-0.15, -0.1) is 0 Å². The fraction of sp³-hybridized carbons (Fsp3) is 0.778. The number of nitrogens with zero attached hydrogens (tertiary/aromatic N) is 3. The number of aryl methyl sites for hydroxylation is 1. The van der Waals surface area contributed by atoms with Gasteiger partial charge in [-0.05, 0) is 12.8 Å². The summed E-state index contributed by atoms with van der Waals surface area (Å²) in [5, 5.41) is 5.19. The summed E-state index contributed by atoms with van der Waals surface area (Å²) in [7, 11) is 0. The number of halogens is 1. The molecule has 0 aliphatic carbocycles. The third-order valence-electron chi connectivity index (χ3n) is 2.26. The first-order valence-electron chi connectivity index (χ1n) is 4.74. The summed E-state index contributed by atoms with van der Waals surface area (Å²) in [5.74, 6) is 1.78. The molecule has 0 aromatic carbocycles. The van der Waals surface area contributed by atoms with Crippen LogP contribution in [0.3, 0.4) is 0 Å². The summed E-state index contributed by atoms with van der Waals surface area (Å²) in [5.41, 5.74) is 0. The van der Waals surface area contributed by atoms with Gasteiger partial charge in [-0.25, -0.2) is 4.98 Å². The molecule has 1 heterocycles. The average Bonchev–Trinajstić information content (AvgIpc) is 2.61. The standard InChI is InChI=1S/C9H16BrN3/c1-3-8(6-10)5-9-11-7-12-13(9)4-2/h7-8H,3-6H2,1-2H3. The molecule has 0 saturated heterocycles. The second-order valence-electron chi connectivity index (χ2n) is 3.12. The quantitative estimate of drug-likeness (QED) is 0.746. The highest BCUT2D eigenvalue weighted by molar-refractivity contribution is 9.09. The van der Waals surface area contributed by atoms with Crippen LogP contribution in [0.1, 0.15) is 26.1 Å². The normalized spacial score (nSPS) is 13.2. The minimum atomic E-state index is 0.675. The van der Waals surface area contributed by atoms with Crippen molar-refractivity contribution in [3.63, 3.8) is 0 Å². The lowest BCUT2D eigenvalue weighted by Crippen LogP contribution is -2.11. The second kappa shape index (κ2) is 5.37. The predicted molar refractivity (Wildman–Crippen MR) is 57.0 cm³/mol. The number of rotatable bonds is 5. The van der Waals surface area contributed by atoms with E-state index in [9.17, 15) is 0 Å². The first-order chi connectivity index (χ1) is 6.31. The van der Waals surface area contributed by atoms with E-state index in [-0.39, 0.29) is 0 Å². The van der Waals surface area contributed by atoms with Crippen LogP contribution in [-0.4, -0.2) is 20.1 Å². The van der Waals surface area contributed by atoms with Crippen molar-refractivity contribution >= 4 is 15.9 Å². The van der Waals surface area contributed by atoms with E-state index >= 15 is 0 Å². The van der Waals surface area contributed by atoms with Gasteiger partial charge < -0.3 is 0 Å². The van der Waals surface area contributed by atoms with Crippen LogP contribution in [0.25, 0.3) is 0 Å².